The number of hydrogen-bond acceptors (Lipinski definition) is 3. The monoisotopic (exact) mass is 444 g/mol. The molecule has 2 aromatic carbocycles. The summed E-state index contributed by atoms with van der Waals surface area (Å²) in [6.07, 6.45) is 6.10. The minimum Gasteiger partial charge on any atom is -0.489 e. The van der Waals surface area contributed by atoms with Gasteiger partial charge in [0.25, 0.3) is 5.56 Å². The molecule has 0 unspecified atom stereocenters. The lowest BCUT2D eigenvalue weighted by atomic mass is 9.64. The molecular formula is C24H26Cl2N2O2. The molecule has 0 aliphatic heterocycles. The molecule has 1 aromatic heterocycles. The van der Waals surface area contributed by atoms with Crippen LogP contribution in [-0.2, 0) is 5.41 Å². The normalized spacial score (nSPS) is 22.7. The van der Waals surface area contributed by atoms with Gasteiger partial charge in [0, 0.05) is 28.1 Å². The largest absolute Gasteiger partial charge is 0.489 e. The molecule has 0 radical (unpaired) electrons. The van der Waals surface area contributed by atoms with Crippen molar-refractivity contribution in [2.45, 2.75) is 56.6 Å². The zero-order chi connectivity index (χ0) is 21.3. The number of ether oxygens (including phenoxy) is 1. The Morgan fingerprint density at radius 1 is 1.17 bits per heavy atom. The van der Waals surface area contributed by atoms with Crippen molar-refractivity contribution in [2.24, 2.45) is 5.73 Å². The number of hydrogen-bond donors (Lipinski definition) is 2. The molecule has 1 saturated carbocycles. The first-order chi connectivity index (χ1) is 14.4. The first-order valence-corrected chi connectivity index (χ1v) is 11.2. The topological polar surface area (TPSA) is 68.1 Å². The summed E-state index contributed by atoms with van der Waals surface area (Å²) in [5, 5.41) is 2.61. The van der Waals surface area contributed by atoms with Crippen molar-refractivity contribution < 1.29 is 4.74 Å². The summed E-state index contributed by atoms with van der Waals surface area (Å²) in [5.74, 6) is 0.616. The van der Waals surface area contributed by atoms with Crippen molar-refractivity contribution in [1.29, 1.82) is 0 Å². The van der Waals surface area contributed by atoms with Gasteiger partial charge in [0.05, 0.1) is 11.1 Å². The van der Waals surface area contributed by atoms with Crippen molar-refractivity contribution in [3.8, 4) is 5.75 Å². The van der Waals surface area contributed by atoms with Gasteiger partial charge in [-0.1, -0.05) is 48.3 Å². The van der Waals surface area contributed by atoms with Crippen LogP contribution in [0.3, 0.4) is 0 Å². The molecule has 0 bridgehead atoms. The second kappa shape index (κ2) is 8.62. The Morgan fingerprint density at radius 3 is 2.60 bits per heavy atom. The van der Waals surface area contributed by atoms with E-state index in [0.717, 1.165) is 48.1 Å². The number of aromatic amines is 1. The van der Waals surface area contributed by atoms with Crippen LogP contribution < -0.4 is 16.0 Å². The van der Waals surface area contributed by atoms with E-state index in [-0.39, 0.29) is 23.1 Å². The molecule has 3 N–H and O–H groups in total. The molecule has 1 aliphatic rings. The van der Waals surface area contributed by atoms with E-state index in [1.807, 2.05) is 30.3 Å². The molecule has 6 heteroatoms. The van der Waals surface area contributed by atoms with Gasteiger partial charge in [0.2, 0.25) is 0 Å². The smallest absolute Gasteiger partial charge is 0.255 e. The van der Waals surface area contributed by atoms with E-state index in [1.54, 1.807) is 12.3 Å². The number of rotatable bonds is 5. The van der Waals surface area contributed by atoms with Gasteiger partial charge in [-0.25, -0.2) is 0 Å². The second-order valence-corrected chi connectivity index (χ2v) is 8.96. The van der Waals surface area contributed by atoms with E-state index in [4.69, 9.17) is 33.7 Å². The predicted molar refractivity (Wildman–Crippen MR) is 124 cm³/mol. The fourth-order valence-corrected chi connectivity index (χ4v) is 5.31. The van der Waals surface area contributed by atoms with Crippen LogP contribution in [0.5, 0.6) is 5.75 Å². The summed E-state index contributed by atoms with van der Waals surface area (Å²) in [5.41, 5.74) is 7.47. The first-order valence-electron chi connectivity index (χ1n) is 10.4. The molecule has 0 saturated heterocycles. The summed E-state index contributed by atoms with van der Waals surface area (Å²) in [4.78, 5) is 14.7. The number of fused-ring (bicyclic) bond motifs is 1. The average Bonchev–Trinajstić information content (AvgIpc) is 2.75. The predicted octanol–water partition coefficient (Wildman–Crippen LogP) is 5.83. The molecule has 1 aliphatic carbocycles. The van der Waals surface area contributed by atoms with E-state index >= 15 is 0 Å². The fraction of sp³-hybridized carbons (Fsp3) is 0.375. The molecule has 1 fully saturated rings. The molecule has 0 amide bonds. The number of benzene rings is 2. The van der Waals surface area contributed by atoms with E-state index in [9.17, 15) is 4.79 Å². The quantitative estimate of drug-likeness (QED) is 0.519. The third-order valence-electron chi connectivity index (χ3n) is 6.50. The Labute approximate surface area is 186 Å². The number of aromatic nitrogens is 1. The molecule has 4 rings (SSSR count). The highest BCUT2D eigenvalue weighted by atomic mass is 35.5. The fourth-order valence-electron chi connectivity index (χ4n) is 4.78. The van der Waals surface area contributed by atoms with Crippen LogP contribution >= 0.6 is 23.2 Å². The number of halogens is 2. The van der Waals surface area contributed by atoms with Crippen molar-refractivity contribution >= 4 is 34.0 Å². The van der Waals surface area contributed by atoms with Gasteiger partial charge in [-0.15, -0.1) is 0 Å². The molecule has 1 heterocycles. The molecule has 30 heavy (non-hydrogen) atoms. The standard InChI is InChI=1S/C24H26Cl2N2O2/c1-2-22(27)24(18-5-3-4-6-19(18)25)10-7-16(8-11-24)30-21-13-15-9-12-28-23(29)17(15)14-20(21)26/h3-6,9,12-14,16,22H,2,7-8,10-11,27H2,1H3,(H,28,29)/t16?,22-,24?/m0/s1. The van der Waals surface area contributed by atoms with Gasteiger partial charge in [0.1, 0.15) is 5.75 Å². The van der Waals surface area contributed by atoms with Gasteiger partial charge in [-0.2, -0.15) is 0 Å². The van der Waals surface area contributed by atoms with Crippen LogP contribution in [0.2, 0.25) is 10.0 Å². The van der Waals surface area contributed by atoms with Crippen molar-refractivity contribution in [2.75, 3.05) is 0 Å². The summed E-state index contributed by atoms with van der Waals surface area (Å²) in [6, 6.07) is 13.5. The molecule has 158 valence electrons. The van der Waals surface area contributed by atoms with Crippen molar-refractivity contribution in [3.05, 3.63) is 74.6 Å². The minimum atomic E-state index is -0.156. The zero-order valence-corrected chi connectivity index (χ0v) is 18.5. The third-order valence-corrected chi connectivity index (χ3v) is 7.13. The van der Waals surface area contributed by atoms with Crippen LogP contribution in [-0.4, -0.2) is 17.1 Å². The molecular weight excluding hydrogens is 419 g/mol. The summed E-state index contributed by atoms with van der Waals surface area (Å²) in [6.45, 7) is 2.13. The Morgan fingerprint density at radius 2 is 1.90 bits per heavy atom. The first kappa shape index (κ1) is 21.2. The summed E-state index contributed by atoms with van der Waals surface area (Å²) >= 11 is 13.0. The third kappa shape index (κ3) is 3.84. The lowest BCUT2D eigenvalue weighted by molar-refractivity contribution is 0.104. The number of H-pyrrole nitrogens is 1. The van der Waals surface area contributed by atoms with Crippen LogP contribution in [0, 0.1) is 0 Å². The molecule has 1 atom stereocenters. The van der Waals surface area contributed by atoms with Crippen LogP contribution in [0.25, 0.3) is 10.8 Å². The maximum atomic E-state index is 12.0. The summed E-state index contributed by atoms with van der Waals surface area (Å²) < 4.78 is 6.29. The van der Waals surface area contributed by atoms with Crippen LogP contribution in [0.15, 0.2) is 53.5 Å². The highest BCUT2D eigenvalue weighted by Crippen LogP contribution is 2.46. The molecule has 0 spiro atoms. The Balaban J connectivity index is 1.56. The van der Waals surface area contributed by atoms with Crippen LogP contribution in [0.4, 0.5) is 0 Å². The molecule has 4 nitrogen and oxygen atoms in total. The van der Waals surface area contributed by atoms with Gasteiger partial charge in [0.15, 0.2) is 0 Å². The number of nitrogens with two attached hydrogens (primary N) is 1. The number of pyridine rings is 1. The van der Waals surface area contributed by atoms with Gasteiger partial charge in [-0.05, 0) is 67.3 Å². The highest BCUT2D eigenvalue weighted by Gasteiger charge is 2.42. The SMILES string of the molecule is CC[C@H](N)C1(c2ccccc2Cl)CCC(Oc2cc3cc[nH]c(=O)c3cc2Cl)CC1. The zero-order valence-electron chi connectivity index (χ0n) is 17.0. The minimum absolute atomic E-state index is 0.0364. The van der Waals surface area contributed by atoms with Gasteiger partial charge >= 0.3 is 0 Å². The highest BCUT2D eigenvalue weighted by molar-refractivity contribution is 6.33. The van der Waals surface area contributed by atoms with Gasteiger partial charge in [-0.3, -0.25) is 4.79 Å². The van der Waals surface area contributed by atoms with E-state index < -0.39 is 0 Å². The van der Waals surface area contributed by atoms with E-state index in [0.29, 0.717) is 16.2 Å². The average molecular weight is 445 g/mol. The van der Waals surface area contributed by atoms with E-state index in [2.05, 4.69) is 18.0 Å². The second-order valence-electron chi connectivity index (χ2n) is 8.14. The Bertz CT molecular complexity index is 1100. The van der Waals surface area contributed by atoms with Crippen molar-refractivity contribution in [3.63, 3.8) is 0 Å². The summed E-state index contributed by atoms with van der Waals surface area (Å²) in [7, 11) is 0. The maximum absolute atomic E-state index is 12.0. The lowest BCUT2D eigenvalue weighted by Crippen LogP contribution is -2.49. The molecule has 3 aromatic rings. The Hall–Kier alpha value is -2.01. The lowest BCUT2D eigenvalue weighted by Gasteiger charge is -2.45. The van der Waals surface area contributed by atoms with E-state index in [1.165, 1.54) is 0 Å². The Kier molecular flexibility index (Phi) is 6.10. The van der Waals surface area contributed by atoms with Crippen molar-refractivity contribution in [1.82, 2.24) is 4.98 Å². The number of nitrogens with one attached hydrogen (secondary N) is 1. The van der Waals surface area contributed by atoms with Crippen LogP contribution in [0.1, 0.15) is 44.6 Å². The maximum Gasteiger partial charge on any atom is 0.255 e. The van der Waals surface area contributed by atoms with Gasteiger partial charge < -0.3 is 15.5 Å².